The molecule has 3 rings (SSSR count). The standard InChI is InChI=1S/C30H49N5O7.C5H12O.C4H10/c1-5-30(14-7-6-8-15-30)24(34-28(41)32-18-22(36)42-29(2,3)4)27(40)35-16-10-13-21(35)26(39)33-20(23(37)25(31)38)17-19-11-9-12-19;1-4-5(2,3)6;1-4(2)3/h19-21,24H,5-18H2,1-4H3,(H2,31,38)(H,33,39)(H2,32,34,41);6H,4H2,1-3H3;4H,1-3H3. The Bertz CT molecular complexity index is 1180. The number of aliphatic hydroxyl groups is 1. The van der Waals surface area contributed by atoms with Crippen molar-refractivity contribution in [3.8, 4) is 0 Å². The van der Waals surface area contributed by atoms with Crippen LogP contribution in [0.4, 0.5) is 4.79 Å². The Morgan fingerprint density at radius 2 is 1.44 bits per heavy atom. The molecule has 0 aromatic carbocycles. The summed E-state index contributed by atoms with van der Waals surface area (Å²) in [6, 6.07) is -3.43. The minimum atomic E-state index is -1.09. The third-order valence-corrected chi connectivity index (χ3v) is 9.87. The Morgan fingerprint density at radius 3 is 1.88 bits per heavy atom. The quantitative estimate of drug-likeness (QED) is 0.130. The second-order valence-corrected chi connectivity index (χ2v) is 17.0. The molecule has 52 heavy (non-hydrogen) atoms. The lowest BCUT2D eigenvalue weighted by molar-refractivity contribution is -0.153. The fraction of sp³-hybridized carbons (Fsp3) is 0.846. The number of ketones is 1. The van der Waals surface area contributed by atoms with Gasteiger partial charge in [-0.25, -0.2) is 4.79 Å². The van der Waals surface area contributed by atoms with Gasteiger partial charge in [0.15, 0.2) is 0 Å². The highest BCUT2D eigenvalue weighted by atomic mass is 16.6. The molecule has 0 radical (unpaired) electrons. The van der Waals surface area contributed by atoms with E-state index in [9.17, 15) is 28.8 Å². The molecule has 0 aromatic heterocycles. The summed E-state index contributed by atoms with van der Waals surface area (Å²) in [5.74, 6) is -2.31. The summed E-state index contributed by atoms with van der Waals surface area (Å²) in [5, 5.41) is 16.9. The van der Waals surface area contributed by atoms with E-state index < -0.39 is 64.3 Å². The summed E-state index contributed by atoms with van der Waals surface area (Å²) in [4.78, 5) is 78.6. The first-order chi connectivity index (χ1) is 24.1. The van der Waals surface area contributed by atoms with E-state index in [4.69, 9.17) is 15.6 Å². The number of rotatable bonds is 13. The van der Waals surface area contributed by atoms with Gasteiger partial charge in [0.05, 0.1) is 11.6 Å². The minimum absolute atomic E-state index is 0.239. The highest BCUT2D eigenvalue weighted by Gasteiger charge is 2.48. The summed E-state index contributed by atoms with van der Waals surface area (Å²) in [5.41, 5.74) is 3.61. The third-order valence-electron chi connectivity index (χ3n) is 9.87. The van der Waals surface area contributed by atoms with Crippen molar-refractivity contribution in [2.24, 2.45) is 23.0 Å². The third kappa shape index (κ3) is 16.6. The van der Waals surface area contributed by atoms with Gasteiger partial charge in [0.25, 0.3) is 5.91 Å². The summed E-state index contributed by atoms with van der Waals surface area (Å²) >= 11 is 0. The van der Waals surface area contributed by atoms with Crippen LogP contribution in [0.25, 0.3) is 0 Å². The van der Waals surface area contributed by atoms with Gasteiger partial charge in [-0.3, -0.25) is 24.0 Å². The van der Waals surface area contributed by atoms with E-state index in [1.54, 1.807) is 34.6 Å². The van der Waals surface area contributed by atoms with E-state index in [0.29, 0.717) is 32.2 Å². The van der Waals surface area contributed by atoms with E-state index in [-0.39, 0.29) is 18.4 Å². The molecule has 3 unspecified atom stereocenters. The molecule has 0 spiro atoms. The van der Waals surface area contributed by atoms with Crippen LogP contribution in [-0.2, 0) is 28.7 Å². The number of likely N-dealkylation sites (tertiary alicyclic amines) is 1. The highest BCUT2D eigenvalue weighted by Crippen LogP contribution is 2.43. The van der Waals surface area contributed by atoms with Gasteiger partial charge in [-0.2, -0.15) is 0 Å². The number of primary amides is 1. The maximum Gasteiger partial charge on any atom is 0.325 e. The minimum Gasteiger partial charge on any atom is -0.459 e. The van der Waals surface area contributed by atoms with Crippen molar-refractivity contribution in [2.75, 3.05) is 13.1 Å². The Hall–Kier alpha value is -3.22. The van der Waals surface area contributed by atoms with Crippen LogP contribution in [0.2, 0.25) is 0 Å². The molecule has 3 fully saturated rings. The van der Waals surface area contributed by atoms with Crippen LogP contribution in [0.15, 0.2) is 0 Å². The molecule has 3 aliphatic rings. The molecular weight excluding hydrogens is 666 g/mol. The van der Waals surface area contributed by atoms with Gasteiger partial charge in [0.2, 0.25) is 17.6 Å². The lowest BCUT2D eigenvalue weighted by Gasteiger charge is -2.44. The van der Waals surface area contributed by atoms with E-state index in [0.717, 1.165) is 63.7 Å². The molecule has 1 aliphatic heterocycles. The first-order valence-corrected chi connectivity index (χ1v) is 19.5. The van der Waals surface area contributed by atoms with E-state index in [1.165, 1.54) is 4.90 Å². The topological polar surface area (TPSA) is 197 Å². The van der Waals surface area contributed by atoms with Crippen LogP contribution in [0.5, 0.6) is 0 Å². The van der Waals surface area contributed by atoms with Crippen molar-refractivity contribution in [2.45, 2.75) is 182 Å². The fourth-order valence-electron chi connectivity index (χ4n) is 6.49. The highest BCUT2D eigenvalue weighted by molar-refractivity contribution is 6.37. The van der Waals surface area contributed by atoms with Gasteiger partial charge in [-0.15, -0.1) is 0 Å². The zero-order valence-electron chi connectivity index (χ0n) is 33.8. The Kier molecular flexibility index (Phi) is 19.3. The van der Waals surface area contributed by atoms with Gasteiger partial charge < -0.3 is 36.4 Å². The molecular formula is C39H71N5O8. The van der Waals surface area contributed by atoms with Gasteiger partial charge >= 0.3 is 12.0 Å². The van der Waals surface area contributed by atoms with Gasteiger partial charge in [0, 0.05) is 6.54 Å². The fourth-order valence-corrected chi connectivity index (χ4v) is 6.49. The summed E-state index contributed by atoms with van der Waals surface area (Å²) < 4.78 is 5.26. The molecule has 5 amide bonds. The Labute approximate surface area is 312 Å². The predicted molar refractivity (Wildman–Crippen MR) is 202 cm³/mol. The number of urea groups is 1. The Balaban J connectivity index is 0.00000119. The number of nitrogens with two attached hydrogens (primary N) is 1. The molecule has 6 N–H and O–H groups in total. The second kappa shape index (κ2) is 21.5. The zero-order valence-corrected chi connectivity index (χ0v) is 33.8. The summed E-state index contributed by atoms with van der Waals surface area (Å²) in [6.07, 6.45) is 10.1. The number of hydrogen-bond acceptors (Lipinski definition) is 8. The zero-order chi connectivity index (χ0) is 39.9. The lowest BCUT2D eigenvalue weighted by atomic mass is 9.67. The number of Topliss-reactive ketones (excluding diaryl/α,β-unsaturated/α-hetero) is 1. The van der Waals surface area contributed by atoms with Crippen molar-refractivity contribution in [3.05, 3.63) is 0 Å². The SMILES string of the molecule is CC(C)C.CCC(C)(C)O.CCC1(C(NC(=O)NCC(=O)OC(C)(C)C)C(=O)N2CCCC2C(=O)NC(CC2CCC2)C(=O)C(N)=O)CCCCC1. The van der Waals surface area contributed by atoms with Crippen LogP contribution >= 0.6 is 0 Å². The number of nitrogens with one attached hydrogen (secondary N) is 3. The molecule has 2 saturated carbocycles. The number of ether oxygens (including phenoxy) is 1. The largest absolute Gasteiger partial charge is 0.459 e. The average molecular weight is 738 g/mol. The number of nitrogens with zero attached hydrogens (tertiary/aromatic N) is 1. The van der Waals surface area contributed by atoms with Gasteiger partial charge in [0.1, 0.15) is 24.2 Å². The predicted octanol–water partition coefficient (Wildman–Crippen LogP) is 4.91. The maximum absolute atomic E-state index is 14.2. The van der Waals surface area contributed by atoms with Gasteiger partial charge in [-0.05, 0) is 96.8 Å². The van der Waals surface area contributed by atoms with Crippen molar-refractivity contribution in [3.63, 3.8) is 0 Å². The molecule has 0 bridgehead atoms. The first kappa shape index (κ1) is 46.8. The average Bonchev–Trinajstić information content (AvgIpc) is 3.52. The normalized spacial score (nSPS) is 19.7. The molecule has 13 nitrogen and oxygen atoms in total. The van der Waals surface area contributed by atoms with E-state index in [1.807, 2.05) is 13.8 Å². The van der Waals surface area contributed by atoms with Crippen molar-refractivity contribution in [1.29, 1.82) is 0 Å². The summed E-state index contributed by atoms with van der Waals surface area (Å²) in [6.45, 7) is 19.2. The van der Waals surface area contributed by atoms with Crippen molar-refractivity contribution < 1.29 is 38.6 Å². The number of hydrogen-bond donors (Lipinski definition) is 5. The molecule has 1 heterocycles. The monoisotopic (exact) mass is 738 g/mol. The maximum atomic E-state index is 14.2. The second-order valence-electron chi connectivity index (χ2n) is 17.0. The number of amides is 5. The van der Waals surface area contributed by atoms with E-state index >= 15 is 0 Å². The Morgan fingerprint density at radius 1 is 0.885 bits per heavy atom. The number of carbonyl (C=O) groups excluding carboxylic acids is 6. The molecule has 3 atom stereocenters. The molecule has 300 valence electrons. The molecule has 1 saturated heterocycles. The van der Waals surface area contributed by atoms with Crippen LogP contribution in [-0.4, -0.2) is 87.9 Å². The number of esters is 1. The van der Waals surface area contributed by atoms with Crippen molar-refractivity contribution in [1.82, 2.24) is 20.9 Å². The molecule has 13 heteroatoms. The van der Waals surface area contributed by atoms with Crippen LogP contribution < -0.4 is 21.7 Å². The van der Waals surface area contributed by atoms with Crippen LogP contribution in [0.3, 0.4) is 0 Å². The van der Waals surface area contributed by atoms with Crippen molar-refractivity contribution >= 4 is 35.5 Å². The van der Waals surface area contributed by atoms with Crippen LogP contribution in [0.1, 0.15) is 153 Å². The van der Waals surface area contributed by atoms with E-state index in [2.05, 4.69) is 36.7 Å². The lowest BCUT2D eigenvalue weighted by Crippen LogP contribution is -2.62. The van der Waals surface area contributed by atoms with Crippen LogP contribution in [0, 0.1) is 17.3 Å². The summed E-state index contributed by atoms with van der Waals surface area (Å²) in [7, 11) is 0. The molecule has 2 aliphatic carbocycles. The smallest absolute Gasteiger partial charge is 0.325 e. The molecule has 0 aromatic rings. The number of carbonyl (C=O) groups is 6. The first-order valence-electron chi connectivity index (χ1n) is 19.5. The van der Waals surface area contributed by atoms with Gasteiger partial charge in [-0.1, -0.05) is 73.1 Å².